The molecule has 292 valence electrons. The zero-order valence-corrected chi connectivity index (χ0v) is 36.2. The average Bonchev–Trinajstić information content (AvgIpc) is 4.01. The first-order chi connectivity index (χ1) is 27.2. The van der Waals surface area contributed by atoms with Crippen molar-refractivity contribution in [3.63, 3.8) is 0 Å². The van der Waals surface area contributed by atoms with Gasteiger partial charge in [0.15, 0.2) is 11.0 Å². The molecule has 0 aliphatic heterocycles. The van der Waals surface area contributed by atoms with Gasteiger partial charge in [-0.2, -0.15) is 0 Å². The van der Waals surface area contributed by atoms with Gasteiger partial charge < -0.3 is 0 Å². The number of thiophene rings is 3. The summed E-state index contributed by atoms with van der Waals surface area (Å²) in [4.78, 5) is 25.7. The van der Waals surface area contributed by atoms with Crippen molar-refractivity contribution >= 4 is 96.9 Å². The van der Waals surface area contributed by atoms with E-state index in [1.807, 2.05) is 48.1 Å². The smallest absolute Gasteiger partial charge is 0.152 e. The number of benzene rings is 1. The Kier molecular flexibility index (Phi) is 12.7. The van der Waals surface area contributed by atoms with Gasteiger partial charge in [-0.1, -0.05) is 129 Å². The Labute approximate surface area is 338 Å². The van der Waals surface area contributed by atoms with E-state index in [1.165, 1.54) is 180 Å². The van der Waals surface area contributed by atoms with Crippen molar-refractivity contribution in [3.8, 4) is 0 Å². The Bertz CT molecular complexity index is 2450. The van der Waals surface area contributed by atoms with Crippen LogP contribution >= 0.6 is 34.0 Å². The molecular formula is C46H60N6S3. The van der Waals surface area contributed by atoms with Gasteiger partial charge in [-0.25, -0.2) is 9.97 Å². The lowest BCUT2D eigenvalue weighted by molar-refractivity contribution is 0.557. The zero-order valence-electron chi connectivity index (χ0n) is 33.8. The minimum atomic E-state index is 1.00. The molecule has 0 saturated carbocycles. The van der Waals surface area contributed by atoms with Crippen molar-refractivity contribution < 1.29 is 0 Å². The minimum Gasteiger partial charge on any atom is -0.274 e. The SMILES string of the molecule is CCCCCCCCCCCCc1cc2c(nc3c4ccc5c6c(sc(c(=NC)n23)c46)c(=NC)n2c3cc(CCCCCCCCCCCC)sc3nc52)s1. The van der Waals surface area contributed by atoms with Crippen LogP contribution in [0, 0.1) is 0 Å². The van der Waals surface area contributed by atoms with Crippen molar-refractivity contribution in [2.75, 3.05) is 14.1 Å². The van der Waals surface area contributed by atoms with Crippen LogP contribution in [0.15, 0.2) is 34.3 Å². The largest absolute Gasteiger partial charge is 0.274 e. The highest BCUT2D eigenvalue weighted by molar-refractivity contribution is 7.26. The highest BCUT2D eigenvalue weighted by Crippen LogP contribution is 2.42. The fourth-order valence-corrected chi connectivity index (χ4v) is 12.5. The molecule has 8 rings (SSSR count). The average molecular weight is 793 g/mol. The van der Waals surface area contributed by atoms with Gasteiger partial charge in [0.1, 0.15) is 21.0 Å². The number of nitrogens with zero attached hydrogens (tertiary/aromatic N) is 6. The lowest BCUT2D eigenvalue weighted by atomic mass is 10.0. The second-order valence-electron chi connectivity index (χ2n) is 16.0. The van der Waals surface area contributed by atoms with E-state index in [4.69, 9.17) is 20.0 Å². The maximum absolute atomic E-state index is 5.31. The van der Waals surface area contributed by atoms with E-state index in [2.05, 4.69) is 46.9 Å². The molecule has 9 heteroatoms. The van der Waals surface area contributed by atoms with Crippen LogP contribution in [0.25, 0.3) is 62.9 Å². The van der Waals surface area contributed by atoms with Crippen molar-refractivity contribution in [2.24, 2.45) is 9.98 Å². The summed E-state index contributed by atoms with van der Waals surface area (Å²) >= 11 is 5.58. The fraction of sp³-hybridized carbons (Fsp3) is 0.565. The van der Waals surface area contributed by atoms with E-state index in [-0.39, 0.29) is 0 Å². The first-order valence-corrected chi connectivity index (χ1v) is 24.2. The van der Waals surface area contributed by atoms with E-state index < -0.39 is 0 Å². The van der Waals surface area contributed by atoms with Crippen molar-refractivity contribution in [1.82, 2.24) is 18.8 Å². The van der Waals surface area contributed by atoms with E-state index in [0.29, 0.717) is 0 Å². The molecule has 7 heterocycles. The van der Waals surface area contributed by atoms with Crippen LogP contribution in [-0.4, -0.2) is 32.9 Å². The Morgan fingerprint density at radius 1 is 0.491 bits per heavy atom. The summed E-state index contributed by atoms with van der Waals surface area (Å²) in [5.41, 5.74) is 6.42. The van der Waals surface area contributed by atoms with Crippen LogP contribution in [0.2, 0.25) is 0 Å². The summed E-state index contributed by atoms with van der Waals surface area (Å²) in [6.45, 7) is 4.59. The van der Waals surface area contributed by atoms with Gasteiger partial charge in [-0.3, -0.25) is 18.8 Å². The first-order valence-electron chi connectivity index (χ1n) is 21.7. The van der Waals surface area contributed by atoms with Crippen LogP contribution in [-0.2, 0) is 12.8 Å². The third-order valence-corrected chi connectivity index (χ3v) is 15.3. The molecule has 0 unspecified atom stereocenters. The molecule has 0 atom stereocenters. The van der Waals surface area contributed by atoms with Gasteiger partial charge in [-0.05, 0) is 49.9 Å². The number of aromatic nitrogens is 4. The third-order valence-electron chi connectivity index (χ3n) is 12.0. The standard InChI is InChI=1S/C46H60N6S3/c1-5-7-9-11-13-15-17-19-21-23-25-31-29-35-45(53-31)49-41-33-27-28-34-38-37(33)39(43(47-3)51(35)41)55-40(38)44(48-4)52-36-30-32(54-46(36)50-42(34)52)26-24-22-20-18-16-14-12-10-8-6-2/h27-30H,5-26H2,1-4H3. The molecule has 8 aromatic rings. The monoisotopic (exact) mass is 792 g/mol. The molecule has 0 spiro atoms. The maximum atomic E-state index is 5.31. The predicted molar refractivity (Wildman–Crippen MR) is 242 cm³/mol. The highest BCUT2D eigenvalue weighted by atomic mass is 32.1. The molecule has 55 heavy (non-hydrogen) atoms. The first kappa shape index (κ1) is 38.7. The van der Waals surface area contributed by atoms with E-state index >= 15 is 0 Å². The molecule has 7 aromatic heterocycles. The number of unbranched alkanes of at least 4 members (excludes halogenated alkanes) is 18. The molecule has 0 bridgehead atoms. The summed E-state index contributed by atoms with van der Waals surface area (Å²) < 4.78 is 7.10. The lowest BCUT2D eigenvalue weighted by Crippen LogP contribution is -2.14. The van der Waals surface area contributed by atoms with Gasteiger partial charge in [0.2, 0.25) is 0 Å². The van der Waals surface area contributed by atoms with Gasteiger partial charge >= 0.3 is 0 Å². The summed E-state index contributed by atoms with van der Waals surface area (Å²) in [5, 5.41) is 4.90. The fourth-order valence-electron chi connectivity index (χ4n) is 9.02. The summed E-state index contributed by atoms with van der Waals surface area (Å²) in [6, 6.07) is 9.37. The van der Waals surface area contributed by atoms with Gasteiger partial charge in [-0.15, -0.1) is 34.0 Å². The molecular weight excluding hydrogens is 733 g/mol. The number of aryl methyl sites for hydroxylation is 2. The molecule has 0 aliphatic carbocycles. The second kappa shape index (κ2) is 18.0. The summed E-state index contributed by atoms with van der Waals surface area (Å²) in [5.74, 6) is 0. The molecule has 0 amide bonds. The molecule has 0 fully saturated rings. The van der Waals surface area contributed by atoms with E-state index in [1.54, 1.807) is 0 Å². The van der Waals surface area contributed by atoms with Crippen molar-refractivity contribution in [1.29, 1.82) is 0 Å². The number of hydrogen-bond acceptors (Lipinski definition) is 7. The summed E-state index contributed by atoms with van der Waals surface area (Å²) in [6.07, 6.45) is 29.6. The number of pyridine rings is 2. The number of fused-ring (bicyclic) bond motifs is 8. The van der Waals surface area contributed by atoms with E-state index in [9.17, 15) is 0 Å². The molecule has 0 N–H and O–H groups in total. The van der Waals surface area contributed by atoms with Gasteiger partial charge in [0.25, 0.3) is 0 Å². The van der Waals surface area contributed by atoms with Crippen LogP contribution in [0.4, 0.5) is 0 Å². The van der Waals surface area contributed by atoms with E-state index in [0.717, 1.165) is 44.8 Å². The highest BCUT2D eigenvalue weighted by Gasteiger charge is 2.24. The Hall–Kier alpha value is -3.14. The number of rotatable bonds is 22. The van der Waals surface area contributed by atoms with Gasteiger partial charge in [0, 0.05) is 45.4 Å². The van der Waals surface area contributed by atoms with Crippen molar-refractivity contribution in [3.05, 3.63) is 45.0 Å². The molecule has 1 aromatic carbocycles. The number of imidazole rings is 2. The Morgan fingerprint density at radius 2 is 0.855 bits per heavy atom. The normalized spacial score (nSPS) is 13.5. The topological polar surface area (TPSA) is 59.3 Å². The zero-order chi connectivity index (χ0) is 37.7. The molecule has 0 saturated heterocycles. The van der Waals surface area contributed by atoms with Crippen LogP contribution in [0.3, 0.4) is 0 Å². The molecule has 0 radical (unpaired) electrons. The van der Waals surface area contributed by atoms with Crippen molar-refractivity contribution in [2.45, 2.75) is 155 Å². The second-order valence-corrected chi connectivity index (χ2v) is 19.2. The quantitative estimate of drug-likeness (QED) is 0.0507. The molecule has 6 nitrogen and oxygen atoms in total. The van der Waals surface area contributed by atoms with Crippen LogP contribution in [0.5, 0.6) is 0 Å². The Balaban J connectivity index is 1.04. The lowest BCUT2D eigenvalue weighted by Gasteiger charge is -2.07. The minimum absolute atomic E-state index is 1.00. The van der Waals surface area contributed by atoms with Crippen LogP contribution in [0.1, 0.15) is 152 Å². The summed E-state index contributed by atoms with van der Waals surface area (Å²) in [7, 11) is 3.87. The number of hydrogen-bond donors (Lipinski definition) is 0. The van der Waals surface area contributed by atoms with Crippen LogP contribution < -0.4 is 11.0 Å². The third kappa shape index (κ3) is 7.66. The molecule has 0 aliphatic rings. The predicted octanol–water partition coefficient (Wildman–Crippen LogP) is 13.8. The Morgan fingerprint density at radius 3 is 1.22 bits per heavy atom. The van der Waals surface area contributed by atoms with Gasteiger partial charge in [0.05, 0.1) is 20.4 Å². The maximum Gasteiger partial charge on any atom is 0.152 e.